The second-order valence-corrected chi connectivity index (χ2v) is 7.23. The van der Waals surface area contributed by atoms with Crippen molar-refractivity contribution in [2.75, 3.05) is 14.2 Å². The van der Waals surface area contributed by atoms with E-state index < -0.39 is 0 Å². The fraction of sp³-hybridized carbons (Fsp3) is 0.190. The van der Waals surface area contributed by atoms with Crippen molar-refractivity contribution in [2.45, 2.75) is 13.8 Å². The molecule has 5 nitrogen and oxygen atoms in total. The minimum atomic E-state index is -0.386. The van der Waals surface area contributed by atoms with Crippen LogP contribution in [-0.4, -0.2) is 36.1 Å². The molecule has 1 saturated heterocycles. The van der Waals surface area contributed by atoms with Crippen LogP contribution in [0.15, 0.2) is 52.4 Å². The summed E-state index contributed by atoms with van der Waals surface area (Å²) in [5, 5.41) is 0.648. The minimum Gasteiger partial charge on any atom is -0.465 e. The summed E-state index contributed by atoms with van der Waals surface area (Å²) >= 11 is 1.34. The molecule has 2 aromatic carbocycles. The monoisotopic (exact) mass is 380 g/mol. The van der Waals surface area contributed by atoms with Crippen molar-refractivity contribution < 1.29 is 14.3 Å². The van der Waals surface area contributed by atoms with E-state index in [1.165, 1.54) is 18.9 Å². The molecule has 0 radical (unpaired) electrons. The van der Waals surface area contributed by atoms with Crippen LogP contribution in [0.5, 0.6) is 0 Å². The second-order valence-electron chi connectivity index (χ2n) is 6.22. The minimum absolute atomic E-state index is 0.0953. The van der Waals surface area contributed by atoms with Crippen LogP contribution in [0.25, 0.3) is 6.08 Å². The van der Waals surface area contributed by atoms with E-state index in [1.807, 2.05) is 32.0 Å². The molecule has 1 heterocycles. The summed E-state index contributed by atoms with van der Waals surface area (Å²) in [6.07, 6.45) is 1.80. The molecular formula is C21H20N2O3S. The van der Waals surface area contributed by atoms with E-state index in [1.54, 1.807) is 42.3 Å². The number of amides is 1. The molecule has 27 heavy (non-hydrogen) atoms. The lowest BCUT2D eigenvalue weighted by Gasteiger charge is -2.09. The van der Waals surface area contributed by atoms with Crippen LogP contribution in [0.1, 0.15) is 27.0 Å². The van der Waals surface area contributed by atoms with Gasteiger partial charge in [0.15, 0.2) is 5.17 Å². The maximum Gasteiger partial charge on any atom is 0.337 e. The molecule has 138 valence electrons. The molecule has 3 rings (SSSR count). The molecular weight excluding hydrogens is 360 g/mol. The van der Waals surface area contributed by atoms with Gasteiger partial charge in [-0.3, -0.25) is 9.69 Å². The summed E-state index contributed by atoms with van der Waals surface area (Å²) in [5.74, 6) is -0.481. The molecule has 6 heteroatoms. The van der Waals surface area contributed by atoms with Crippen LogP contribution in [0.3, 0.4) is 0 Å². The Bertz CT molecular complexity index is 942. The Labute approximate surface area is 162 Å². The fourth-order valence-corrected chi connectivity index (χ4v) is 3.69. The number of ether oxygens (including phenoxy) is 1. The van der Waals surface area contributed by atoms with Gasteiger partial charge in [0.05, 0.1) is 23.3 Å². The van der Waals surface area contributed by atoms with Gasteiger partial charge in [0.1, 0.15) is 0 Å². The Morgan fingerprint density at radius 3 is 2.33 bits per heavy atom. The number of hydrogen-bond acceptors (Lipinski definition) is 5. The van der Waals surface area contributed by atoms with Gasteiger partial charge in [-0.15, -0.1) is 0 Å². The van der Waals surface area contributed by atoms with E-state index in [0.29, 0.717) is 15.6 Å². The number of rotatable bonds is 3. The molecule has 1 amide bonds. The van der Waals surface area contributed by atoms with Gasteiger partial charge in [-0.05, 0) is 60.5 Å². The predicted octanol–water partition coefficient (Wildman–Crippen LogP) is 4.32. The van der Waals surface area contributed by atoms with E-state index in [-0.39, 0.29) is 11.9 Å². The first-order chi connectivity index (χ1) is 12.9. The Hall–Kier alpha value is -2.86. The van der Waals surface area contributed by atoms with Gasteiger partial charge in [-0.25, -0.2) is 9.79 Å². The quantitative estimate of drug-likeness (QED) is 0.588. The number of carbonyl (C=O) groups is 2. The lowest BCUT2D eigenvalue weighted by Crippen LogP contribution is -2.23. The number of carbonyl (C=O) groups excluding carboxylic acids is 2. The van der Waals surface area contributed by atoms with Gasteiger partial charge >= 0.3 is 5.97 Å². The molecule has 0 aromatic heterocycles. The predicted molar refractivity (Wildman–Crippen MR) is 109 cm³/mol. The largest absolute Gasteiger partial charge is 0.465 e. The third-order valence-corrected chi connectivity index (χ3v) is 5.34. The normalized spacial score (nSPS) is 17.0. The molecule has 0 bridgehead atoms. The van der Waals surface area contributed by atoms with E-state index >= 15 is 0 Å². The molecule has 0 unspecified atom stereocenters. The Morgan fingerprint density at radius 1 is 1.11 bits per heavy atom. The molecule has 0 saturated carbocycles. The molecule has 0 N–H and O–H groups in total. The Kier molecular flexibility index (Phi) is 5.46. The number of esters is 1. The van der Waals surface area contributed by atoms with Crippen LogP contribution < -0.4 is 0 Å². The number of benzene rings is 2. The van der Waals surface area contributed by atoms with Gasteiger partial charge in [0.25, 0.3) is 5.91 Å². The third-order valence-electron chi connectivity index (χ3n) is 4.28. The topological polar surface area (TPSA) is 59.0 Å². The number of methoxy groups -OCH3 is 1. The van der Waals surface area contributed by atoms with Crippen molar-refractivity contribution in [3.05, 3.63) is 69.6 Å². The van der Waals surface area contributed by atoms with Crippen molar-refractivity contribution in [3.63, 3.8) is 0 Å². The van der Waals surface area contributed by atoms with E-state index in [2.05, 4.69) is 0 Å². The Morgan fingerprint density at radius 2 is 1.74 bits per heavy atom. The highest BCUT2D eigenvalue weighted by atomic mass is 32.2. The number of amidine groups is 1. The average molecular weight is 380 g/mol. The third kappa shape index (κ3) is 3.95. The number of para-hydroxylation sites is 1. The van der Waals surface area contributed by atoms with Gasteiger partial charge in [0.2, 0.25) is 0 Å². The molecule has 1 aliphatic heterocycles. The zero-order valence-corrected chi connectivity index (χ0v) is 16.5. The highest BCUT2D eigenvalue weighted by molar-refractivity contribution is 8.18. The summed E-state index contributed by atoms with van der Waals surface area (Å²) in [4.78, 5) is 31.0. The van der Waals surface area contributed by atoms with Crippen LogP contribution in [0, 0.1) is 13.8 Å². The number of nitrogens with zero attached hydrogens (tertiary/aromatic N) is 2. The summed E-state index contributed by atoms with van der Waals surface area (Å²) in [5.41, 5.74) is 4.34. The standard InChI is InChI=1S/C21H20N2O3S/c1-13-6-5-7-14(2)18(13)22-21-23(3)19(24)17(27-21)12-15-8-10-16(11-9-15)20(25)26-4/h5-12H,1-4H3. The number of hydrogen-bond donors (Lipinski definition) is 0. The van der Waals surface area contributed by atoms with Crippen molar-refractivity contribution in [3.8, 4) is 0 Å². The number of aliphatic imine (C=N–C) groups is 1. The van der Waals surface area contributed by atoms with E-state index in [9.17, 15) is 9.59 Å². The van der Waals surface area contributed by atoms with Crippen molar-refractivity contribution in [1.29, 1.82) is 0 Å². The molecule has 1 fully saturated rings. The maximum atomic E-state index is 12.6. The molecule has 0 atom stereocenters. The maximum absolute atomic E-state index is 12.6. The van der Waals surface area contributed by atoms with Gasteiger partial charge < -0.3 is 4.74 Å². The van der Waals surface area contributed by atoms with E-state index in [0.717, 1.165) is 22.4 Å². The summed E-state index contributed by atoms with van der Waals surface area (Å²) < 4.78 is 4.70. The SMILES string of the molecule is COC(=O)c1ccc(C=C2SC(=Nc3c(C)cccc3C)N(C)C2=O)cc1. The summed E-state index contributed by atoms with van der Waals surface area (Å²) in [6, 6.07) is 12.9. The Balaban J connectivity index is 1.88. The lowest BCUT2D eigenvalue weighted by atomic mass is 10.1. The van der Waals surface area contributed by atoms with Crippen molar-refractivity contribution in [1.82, 2.24) is 4.90 Å². The lowest BCUT2D eigenvalue weighted by molar-refractivity contribution is -0.121. The second kappa shape index (κ2) is 7.80. The van der Waals surface area contributed by atoms with Crippen LogP contribution in [0.4, 0.5) is 5.69 Å². The first kappa shape index (κ1) is 18.9. The van der Waals surface area contributed by atoms with Crippen molar-refractivity contribution >= 4 is 40.6 Å². The van der Waals surface area contributed by atoms with Crippen molar-refractivity contribution in [2.24, 2.45) is 4.99 Å². The molecule has 2 aromatic rings. The summed E-state index contributed by atoms with van der Waals surface area (Å²) in [6.45, 7) is 4.01. The first-order valence-corrected chi connectivity index (χ1v) is 9.23. The number of aryl methyl sites for hydroxylation is 2. The van der Waals surface area contributed by atoms with Crippen LogP contribution >= 0.6 is 11.8 Å². The highest BCUT2D eigenvalue weighted by Gasteiger charge is 2.30. The van der Waals surface area contributed by atoms with Crippen LogP contribution in [0.2, 0.25) is 0 Å². The molecule has 0 spiro atoms. The first-order valence-electron chi connectivity index (χ1n) is 8.41. The zero-order chi connectivity index (χ0) is 19.6. The van der Waals surface area contributed by atoms with E-state index in [4.69, 9.17) is 9.73 Å². The van der Waals surface area contributed by atoms with Crippen LogP contribution in [-0.2, 0) is 9.53 Å². The molecule has 1 aliphatic rings. The average Bonchev–Trinajstić information content (AvgIpc) is 2.92. The number of likely N-dealkylation sites (N-methyl/N-ethyl adjacent to an activating group) is 1. The fourth-order valence-electron chi connectivity index (χ4n) is 2.71. The van der Waals surface area contributed by atoms with Gasteiger partial charge in [-0.1, -0.05) is 30.3 Å². The number of thioether (sulfide) groups is 1. The summed E-state index contributed by atoms with van der Waals surface area (Å²) in [7, 11) is 3.07. The van der Waals surface area contributed by atoms with Gasteiger partial charge in [0, 0.05) is 7.05 Å². The molecule has 0 aliphatic carbocycles. The van der Waals surface area contributed by atoms with Gasteiger partial charge in [-0.2, -0.15) is 0 Å². The highest BCUT2D eigenvalue weighted by Crippen LogP contribution is 2.34. The smallest absolute Gasteiger partial charge is 0.337 e. The zero-order valence-electron chi connectivity index (χ0n) is 15.6.